The van der Waals surface area contributed by atoms with Crippen molar-refractivity contribution in [2.45, 2.75) is 37.2 Å². The lowest BCUT2D eigenvalue weighted by molar-refractivity contribution is -0.131. The highest BCUT2D eigenvalue weighted by Gasteiger charge is 2.32. The van der Waals surface area contributed by atoms with E-state index in [2.05, 4.69) is 15.6 Å². The Bertz CT molecular complexity index is 1010. The van der Waals surface area contributed by atoms with Crippen molar-refractivity contribution in [2.24, 2.45) is 5.92 Å². The molecule has 1 atom stereocenters. The number of hydrogen-bond acceptors (Lipinski definition) is 5. The van der Waals surface area contributed by atoms with E-state index >= 15 is 0 Å². The standard InChI is InChI=1S/C21H25FN4O4S/c1-15(20(27)24-14-16-3-2-10-23-13-16)25-21(28)17-8-11-26(12-9-17)31(29,30)19-6-4-18(22)5-7-19/h2-7,10,13,15,17H,8-9,11-12,14H2,1H3,(H,24,27)(H,25,28). The summed E-state index contributed by atoms with van der Waals surface area (Å²) in [4.78, 5) is 28.8. The number of piperidine rings is 1. The number of pyridine rings is 1. The van der Waals surface area contributed by atoms with Gasteiger partial charge in [-0.15, -0.1) is 0 Å². The second kappa shape index (κ2) is 9.97. The van der Waals surface area contributed by atoms with Crippen molar-refractivity contribution in [3.8, 4) is 0 Å². The number of carbonyl (C=O) groups excluding carboxylic acids is 2. The first kappa shape index (κ1) is 22.8. The molecule has 8 nitrogen and oxygen atoms in total. The Morgan fingerprint density at radius 3 is 2.48 bits per heavy atom. The van der Waals surface area contributed by atoms with Gasteiger partial charge in [-0.2, -0.15) is 4.31 Å². The van der Waals surface area contributed by atoms with Gasteiger partial charge < -0.3 is 10.6 Å². The fraction of sp³-hybridized carbons (Fsp3) is 0.381. The number of hydrogen-bond donors (Lipinski definition) is 2. The Labute approximate surface area is 180 Å². The van der Waals surface area contributed by atoms with E-state index in [1.54, 1.807) is 25.4 Å². The number of sulfonamides is 1. The zero-order valence-electron chi connectivity index (χ0n) is 17.1. The first-order chi connectivity index (χ1) is 14.8. The van der Waals surface area contributed by atoms with Gasteiger partial charge in [0, 0.05) is 37.9 Å². The van der Waals surface area contributed by atoms with Crippen molar-refractivity contribution in [3.63, 3.8) is 0 Å². The Hall–Kier alpha value is -2.85. The molecule has 1 aliphatic rings. The predicted molar refractivity (Wildman–Crippen MR) is 112 cm³/mol. The number of carbonyl (C=O) groups is 2. The largest absolute Gasteiger partial charge is 0.350 e. The smallest absolute Gasteiger partial charge is 0.243 e. The van der Waals surface area contributed by atoms with E-state index in [9.17, 15) is 22.4 Å². The highest BCUT2D eigenvalue weighted by Crippen LogP contribution is 2.24. The summed E-state index contributed by atoms with van der Waals surface area (Å²) in [6.45, 7) is 2.27. The van der Waals surface area contributed by atoms with Crippen molar-refractivity contribution >= 4 is 21.8 Å². The number of aromatic nitrogens is 1. The number of halogens is 1. The Morgan fingerprint density at radius 1 is 1.19 bits per heavy atom. The molecule has 31 heavy (non-hydrogen) atoms. The van der Waals surface area contributed by atoms with Gasteiger partial charge in [-0.05, 0) is 55.7 Å². The molecular weight excluding hydrogens is 423 g/mol. The third-order valence-electron chi connectivity index (χ3n) is 5.22. The topological polar surface area (TPSA) is 108 Å². The summed E-state index contributed by atoms with van der Waals surface area (Å²) < 4.78 is 39.7. The summed E-state index contributed by atoms with van der Waals surface area (Å²) in [7, 11) is -3.73. The van der Waals surface area contributed by atoms with Crippen molar-refractivity contribution in [1.29, 1.82) is 0 Å². The van der Waals surface area contributed by atoms with Crippen molar-refractivity contribution in [3.05, 3.63) is 60.2 Å². The van der Waals surface area contributed by atoms with Gasteiger partial charge in [0.2, 0.25) is 21.8 Å². The molecule has 1 fully saturated rings. The van der Waals surface area contributed by atoms with E-state index in [1.165, 1.54) is 16.4 Å². The first-order valence-corrected chi connectivity index (χ1v) is 11.4. The first-order valence-electron chi connectivity index (χ1n) is 10.00. The molecule has 1 unspecified atom stereocenters. The van der Waals surface area contributed by atoms with Crippen molar-refractivity contribution in [1.82, 2.24) is 19.9 Å². The lowest BCUT2D eigenvalue weighted by Gasteiger charge is -2.31. The highest BCUT2D eigenvalue weighted by atomic mass is 32.2. The van der Waals surface area contributed by atoms with Gasteiger partial charge in [-0.25, -0.2) is 12.8 Å². The van der Waals surface area contributed by atoms with E-state index in [-0.39, 0.29) is 35.7 Å². The predicted octanol–water partition coefficient (Wildman–Crippen LogP) is 1.44. The minimum atomic E-state index is -3.73. The zero-order valence-corrected chi connectivity index (χ0v) is 17.9. The quantitative estimate of drug-likeness (QED) is 0.666. The molecule has 1 saturated heterocycles. The Kier molecular flexibility index (Phi) is 7.34. The average Bonchev–Trinajstić information content (AvgIpc) is 2.78. The van der Waals surface area contributed by atoms with Gasteiger partial charge in [0.1, 0.15) is 11.9 Å². The molecule has 10 heteroatoms. The maximum absolute atomic E-state index is 13.1. The van der Waals surface area contributed by atoms with Crippen LogP contribution in [0.3, 0.4) is 0 Å². The van der Waals surface area contributed by atoms with Crippen LogP contribution in [0.4, 0.5) is 4.39 Å². The molecule has 1 aliphatic heterocycles. The molecule has 0 radical (unpaired) electrons. The minimum Gasteiger partial charge on any atom is -0.350 e. The van der Waals surface area contributed by atoms with Crippen LogP contribution in [0, 0.1) is 11.7 Å². The summed E-state index contributed by atoms with van der Waals surface area (Å²) in [6, 6.07) is 7.57. The van der Waals surface area contributed by atoms with Crippen LogP contribution in [-0.2, 0) is 26.2 Å². The van der Waals surface area contributed by atoms with Crippen LogP contribution in [0.1, 0.15) is 25.3 Å². The van der Waals surface area contributed by atoms with Gasteiger partial charge in [-0.1, -0.05) is 6.07 Å². The van der Waals surface area contributed by atoms with Crippen LogP contribution in [0.15, 0.2) is 53.7 Å². The van der Waals surface area contributed by atoms with Gasteiger partial charge in [0.15, 0.2) is 0 Å². The fourth-order valence-corrected chi connectivity index (χ4v) is 4.83. The maximum atomic E-state index is 13.1. The summed E-state index contributed by atoms with van der Waals surface area (Å²) in [5, 5.41) is 5.45. The molecule has 3 rings (SSSR count). The van der Waals surface area contributed by atoms with E-state index in [4.69, 9.17) is 0 Å². The van der Waals surface area contributed by atoms with Gasteiger partial charge >= 0.3 is 0 Å². The normalized spacial score (nSPS) is 16.5. The molecule has 1 aromatic carbocycles. The third kappa shape index (κ3) is 5.86. The maximum Gasteiger partial charge on any atom is 0.243 e. The number of rotatable bonds is 7. The second-order valence-corrected chi connectivity index (χ2v) is 9.38. The molecule has 2 amide bonds. The molecule has 0 spiro atoms. The minimum absolute atomic E-state index is 0.0238. The van der Waals surface area contributed by atoms with Crippen LogP contribution in [0.25, 0.3) is 0 Å². The summed E-state index contributed by atoms with van der Waals surface area (Å²) in [5.74, 6) is -1.47. The molecule has 2 N–H and O–H groups in total. The van der Waals surface area contributed by atoms with Crippen molar-refractivity contribution < 1.29 is 22.4 Å². The SMILES string of the molecule is CC(NC(=O)C1CCN(S(=O)(=O)c2ccc(F)cc2)CC1)C(=O)NCc1cccnc1. The Balaban J connectivity index is 1.48. The molecule has 166 valence electrons. The van der Waals surface area contributed by atoms with Crippen LogP contribution in [0.5, 0.6) is 0 Å². The number of amides is 2. The summed E-state index contributed by atoms with van der Waals surface area (Å²) in [6.07, 6.45) is 3.98. The van der Waals surface area contributed by atoms with Crippen LogP contribution >= 0.6 is 0 Å². The lowest BCUT2D eigenvalue weighted by atomic mass is 9.97. The van der Waals surface area contributed by atoms with E-state index in [0.29, 0.717) is 19.4 Å². The van der Waals surface area contributed by atoms with Gasteiger partial charge in [0.25, 0.3) is 0 Å². The highest BCUT2D eigenvalue weighted by molar-refractivity contribution is 7.89. The van der Waals surface area contributed by atoms with Gasteiger partial charge in [0.05, 0.1) is 4.90 Å². The van der Waals surface area contributed by atoms with Crippen LogP contribution < -0.4 is 10.6 Å². The monoisotopic (exact) mass is 448 g/mol. The van der Waals surface area contributed by atoms with E-state index in [0.717, 1.165) is 17.7 Å². The third-order valence-corrected chi connectivity index (χ3v) is 7.13. The van der Waals surface area contributed by atoms with Gasteiger partial charge in [-0.3, -0.25) is 14.6 Å². The van der Waals surface area contributed by atoms with Crippen LogP contribution in [-0.4, -0.2) is 48.7 Å². The number of nitrogens with zero attached hydrogens (tertiary/aromatic N) is 2. The summed E-state index contributed by atoms with van der Waals surface area (Å²) in [5.41, 5.74) is 0.851. The van der Waals surface area contributed by atoms with E-state index in [1.807, 2.05) is 6.07 Å². The molecular formula is C21H25FN4O4S. The second-order valence-electron chi connectivity index (χ2n) is 7.44. The Morgan fingerprint density at radius 2 is 1.87 bits per heavy atom. The van der Waals surface area contributed by atoms with E-state index < -0.39 is 21.9 Å². The molecule has 2 aromatic rings. The molecule has 2 heterocycles. The molecule has 0 aliphatic carbocycles. The van der Waals surface area contributed by atoms with Crippen molar-refractivity contribution in [2.75, 3.05) is 13.1 Å². The average molecular weight is 449 g/mol. The number of nitrogens with one attached hydrogen (secondary N) is 2. The molecule has 1 aromatic heterocycles. The zero-order chi connectivity index (χ0) is 22.4. The molecule has 0 saturated carbocycles. The van der Waals surface area contributed by atoms with Crippen LogP contribution in [0.2, 0.25) is 0 Å². The lowest BCUT2D eigenvalue weighted by Crippen LogP contribution is -2.49. The molecule has 0 bridgehead atoms. The fourth-order valence-electron chi connectivity index (χ4n) is 3.36. The number of benzene rings is 1. The summed E-state index contributed by atoms with van der Waals surface area (Å²) >= 11 is 0.